The Morgan fingerprint density at radius 2 is 2.16 bits per heavy atom. The molecule has 4 heteroatoms. The van der Waals surface area contributed by atoms with E-state index in [9.17, 15) is 9.90 Å². The molecular formula is C15H22N2O2. The monoisotopic (exact) mass is 262 g/mol. The Bertz CT molecular complexity index is 417. The van der Waals surface area contributed by atoms with Crippen molar-refractivity contribution in [1.82, 2.24) is 4.90 Å². The van der Waals surface area contributed by atoms with Crippen molar-refractivity contribution in [2.24, 2.45) is 0 Å². The molecule has 1 amide bonds. The number of amides is 1. The second-order valence-electron chi connectivity index (χ2n) is 5.17. The van der Waals surface area contributed by atoms with Gasteiger partial charge in [0.1, 0.15) is 0 Å². The van der Waals surface area contributed by atoms with Crippen LogP contribution in [0.4, 0.5) is 5.69 Å². The molecule has 0 aliphatic carbocycles. The van der Waals surface area contributed by atoms with Crippen molar-refractivity contribution < 1.29 is 9.90 Å². The molecule has 0 spiro atoms. The van der Waals surface area contributed by atoms with Crippen LogP contribution in [0.5, 0.6) is 0 Å². The minimum atomic E-state index is -0.277. The second kappa shape index (κ2) is 6.68. The van der Waals surface area contributed by atoms with E-state index >= 15 is 0 Å². The molecule has 0 unspecified atom stereocenters. The maximum atomic E-state index is 11.9. The largest absolute Gasteiger partial charge is 0.392 e. The summed E-state index contributed by atoms with van der Waals surface area (Å²) in [6.07, 6.45) is 2.68. The highest BCUT2D eigenvalue weighted by Crippen LogP contribution is 2.12. The predicted octanol–water partition coefficient (Wildman–Crippen LogP) is 1.64. The fourth-order valence-corrected chi connectivity index (χ4v) is 2.40. The van der Waals surface area contributed by atoms with E-state index in [0.29, 0.717) is 13.1 Å². The molecule has 1 heterocycles. The third kappa shape index (κ3) is 4.33. The summed E-state index contributed by atoms with van der Waals surface area (Å²) in [4.78, 5) is 13.8. The summed E-state index contributed by atoms with van der Waals surface area (Å²) in [5.41, 5.74) is 2.13. The third-order valence-corrected chi connectivity index (χ3v) is 3.39. The quantitative estimate of drug-likeness (QED) is 0.848. The first-order chi connectivity index (χ1) is 9.17. The van der Waals surface area contributed by atoms with Crippen LogP contribution in [0.15, 0.2) is 24.3 Å². The number of carbonyl (C=O) groups is 1. The van der Waals surface area contributed by atoms with Crippen molar-refractivity contribution in [1.29, 1.82) is 0 Å². The molecule has 1 aliphatic rings. The van der Waals surface area contributed by atoms with Gasteiger partial charge in [-0.3, -0.25) is 9.69 Å². The predicted molar refractivity (Wildman–Crippen MR) is 76.1 cm³/mol. The van der Waals surface area contributed by atoms with Crippen LogP contribution < -0.4 is 5.32 Å². The van der Waals surface area contributed by atoms with Gasteiger partial charge in [-0.2, -0.15) is 0 Å². The van der Waals surface area contributed by atoms with E-state index in [1.807, 2.05) is 17.0 Å². The zero-order valence-corrected chi connectivity index (χ0v) is 11.4. The van der Waals surface area contributed by atoms with Gasteiger partial charge in [-0.15, -0.1) is 0 Å². The van der Waals surface area contributed by atoms with E-state index in [0.717, 1.165) is 31.5 Å². The number of aliphatic hydroxyl groups is 1. The van der Waals surface area contributed by atoms with Gasteiger partial charge >= 0.3 is 0 Å². The van der Waals surface area contributed by atoms with Gasteiger partial charge < -0.3 is 10.4 Å². The minimum absolute atomic E-state index is 0.0164. The maximum Gasteiger partial charge on any atom is 0.238 e. The first-order valence-corrected chi connectivity index (χ1v) is 6.96. The number of rotatable bonds is 5. The van der Waals surface area contributed by atoms with Crippen molar-refractivity contribution >= 4 is 11.6 Å². The average molecular weight is 262 g/mol. The maximum absolute atomic E-state index is 11.9. The third-order valence-electron chi connectivity index (χ3n) is 3.39. The van der Waals surface area contributed by atoms with Crippen molar-refractivity contribution in [3.63, 3.8) is 0 Å². The summed E-state index contributed by atoms with van der Waals surface area (Å²) in [7, 11) is 0. The fraction of sp³-hybridized carbons (Fsp3) is 0.533. The van der Waals surface area contributed by atoms with E-state index in [1.54, 1.807) is 0 Å². The number of hydrogen-bond donors (Lipinski definition) is 2. The number of nitrogens with zero attached hydrogens (tertiary/aromatic N) is 1. The van der Waals surface area contributed by atoms with Crippen molar-refractivity contribution in [3.05, 3.63) is 29.8 Å². The topological polar surface area (TPSA) is 52.6 Å². The number of anilines is 1. The van der Waals surface area contributed by atoms with E-state index in [4.69, 9.17) is 0 Å². The van der Waals surface area contributed by atoms with Gasteiger partial charge in [-0.1, -0.05) is 25.5 Å². The number of aryl methyl sites for hydroxylation is 1. The minimum Gasteiger partial charge on any atom is -0.392 e. The van der Waals surface area contributed by atoms with Crippen LogP contribution in [0.25, 0.3) is 0 Å². The van der Waals surface area contributed by atoms with E-state index < -0.39 is 0 Å². The summed E-state index contributed by atoms with van der Waals surface area (Å²) in [6, 6.07) is 8.00. The molecule has 4 nitrogen and oxygen atoms in total. The van der Waals surface area contributed by atoms with Crippen LogP contribution >= 0.6 is 0 Å². The lowest BCUT2D eigenvalue weighted by atomic mass is 10.1. The first kappa shape index (κ1) is 14.0. The van der Waals surface area contributed by atoms with Crippen LogP contribution in [-0.4, -0.2) is 41.7 Å². The Morgan fingerprint density at radius 3 is 2.74 bits per heavy atom. The molecule has 2 rings (SSSR count). The van der Waals surface area contributed by atoms with Gasteiger partial charge in [-0.25, -0.2) is 0 Å². The zero-order valence-electron chi connectivity index (χ0n) is 11.4. The van der Waals surface area contributed by atoms with Crippen LogP contribution in [0.1, 0.15) is 25.3 Å². The van der Waals surface area contributed by atoms with E-state index in [-0.39, 0.29) is 12.0 Å². The molecule has 1 atom stereocenters. The van der Waals surface area contributed by atoms with Gasteiger partial charge in [-0.05, 0) is 30.5 Å². The number of aliphatic hydroxyl groups excluding tert-OH is 1. The molecule has 2 N–H and O–H groups in total. The van der Waals surface area contributed by atoms with Gasteiger partial charge in [0.15, 0.2) is 0 Å². The lowest BCUT2D eigenvalue weighted by Gasteiger charge is -2.14. The number of β-amino-alcohol motifs (C(OH)–C–C–N with tert-alkyl or cyclic N) is 1. The summed E-state index contributed by atoms with van der Waals surface area (Å²) < 4.78 is 0. The molecule has 104 valence electrons. The van der Waals surface area contributed by atoms with Crippen LogP contribution in [-0.2, 0) is 11.2 Å². The SMILES string of the molecule is CCCc1ccc(NC(=O)CN2CC[C@@H](O)C2)cc1. The van der Waals surface area contributed by atoms with Gasteiger partial charge in [0, 0.05) is 18.8 Å². The van der Waals surface area contributed by atoms with Crippen molar-refractivity contribution in [3.8, 4) is 0 Å². The molecule has 0 bridgehead atoms. The molecule has 0 radical (unpaired) electrons. The standard InChI is InChI=1S/C15H22N2O2/c1-2-3-12-4-6-13(7-5-12)16-15(19)11-17-9-8-14(18)10-17/h4-7,14,18H,2-3,8-11H2,1H3,(H,16,19)/t14-/m1/s1. The van der Waals surface area contributed by atoms with Crippen molar-refractivity contribution in [2.75, 3.05) is 25.0 Å². The Hall–Kier alpha value is -1.39. The highest BCUT2D eigenvalue weighted by molar-refractivity contribution is 5.92. The Labute approximate surface area is 114 Å². The normalized spacial score (nSPS) is 19.6. The zero-order chi connectivity index (χ0) is 13.7. The first-order valence-electron chi connectivity index (χ1n) is 6.96. The molecule has 0 saturated carbocycles. The number of carbonyl (C=O) groups excluding carboxylic acids is 1. The molecule has 1 saturated heterocycles. The molecule has 0 aromatic heterocycles. The summed E-state index contributed by atoms with van der Waals surface area (Å²) in [6.45, 7) is 3.90. The average Bonchev–Trinajstić information content (AvgIpc) is 2.77. The number of hydrogen-bond acceptors (Lipinski definition) is 3. The van der Waals surface area contributed by atoms with Gasteiger partial charge in [0.25, 0.3) is 0 Å². The number of nitrogens with one attached hydrogen (secondary N) is 1. The van der Waals surface area contributed by atoms with Gasteiger partial charge in [0.2, 0.25) is 5.91 Å². The Kier molecular flexibility index (Phi) is 4.93. The van der Waals surface area contributed by atoms with Gasteiger partial charge in [0.05, 0.1) is 12.6 Å². The van der Waals surface area contributed by atoms with E-state index in [2.05, 4.69) is 24.4 Å². The highest BCUT2D eigenvalue weighted by Gasteiger charge is 2.21. The lowest BCUT2D eigenvalue weighted by molar-refractivity contribution is -0.117. The van der Waals surface area contributed by atoms with Crippen LogP contribution in [0, 0.1) is 0 Å². The number of benzene rings is 1. The molecule has 1 fully saturated rings. The summed E-state index contributed by atoms with van der Waals surface area (Å²) >= 11 is 0. The Morgan fingerprint density at radius 1 is 1.42 bits per heavy atom. The molecule has 1 aliphatic heterocycles. The fourth-order valence-electron chi connectivity index (χ4n) is 2.40. The Balaban J connectivity index is 1.81. The smallest absolute Gasteiger partial charge is 0.238 e. The summed E-state index contributed by atoms with van der Waals surface area (Å²) in [5, 5.41) is 12.3. The molecule has 19 heavy (non-hydrogen) atoms. The second-order valence-corrected chi connectivity index (χ2v) is 5.17. The van der Waals surface area contributed by atoms with E-state index in [1.165, 1.54) is 5.56 Å². The van der Waals surface area contributed by atoms with Crippen LogP contribution in [0.2, 0.25) is 0 Å². The van der Waals surface area contributed by atoms with Crippen molar-refractivity contribution in [2.45, 2.75) is 32.3 Å². The molecular weight excluding hydrogens is 240 g/mol. The molecule has 1 aromatic rings. The highest BCUT2D eigenvalue weighted by atomic mass is 16.3. The van der Waals surface area contributed by atoms with Crippen LogP contribution in [0.3, 0.4) is 0 Å². The lowest BCUT2D eigenvalue weighted by Crippen LogP contribution is -2.32. The summed E-state index contributed by atoms with van der Waals surface area (Å²) in [5.74, 6) is -0.0164. The number of likely N-dealkylation sites (tertiary alicyclic amines) is 1. The molecule has 1 aromatic carbocycles.